The van der Waals surface area contributed by atoms with Crippen molar-refractivity contribution in [1.82, 2.24) is 25.3 Å². The van der Waals surface area contributed by atoms with E-state index < -0.39 is 0 Å². The molecular formula is C73H127N9O9. The van der Waals surface area contributed by atoms with Crippen LogP contribution in [0.3, 0.4) is 0 Å². The van der Waals surface area contributed by atoms with Crippen LogP contribution in [-0.4, -0.2) is 92.2 Å². The van der Waals surface area contributed by atoms with Crippen LogP contribution in [0, 0.1) is 56.3 Å². The number of rotatable bonds is 0. The van der Waals surface area contributed by atoms with E-state index >= 15 is 0 Å². The normalized spacial score (nSPS) is 17.9. The highest BCUT2D eigenvalue weighted by Crippen LogP contribution is 2.30. The second-order valence-electron chi connectivity index (χ2n) is 34.1. The summed E-state index contributed by atoms with van der Waals surface area (Å²) in [6, 6.07) is 2.33. The van der Waals surface area contributed by atoms with E-state index in [1.54, 1.807) is 25.0 Å². The lowest BCUT2D eigenvalue weighted by Crippen LogP contribution is -2.22. The van der Waals surface area contributed by atoms with Gasteiger partial charge in [0.05, 0.1) is 52.8 Å². The molecule has 9 heterocycles. The van der Waals surface area contributed by atoms with Crippen LogP contribution in [0.5, 0.6) is 0 Å². The Kier molecular flexibility index (Phi) is 30.2. The minimum atomic E-state index is -0.0113. The van der Waals surface area contributed by atoms with Crippen molar-refractivity contribution < 1.29 is 41.3 Å². The Hall–Kier alpha value is -6.07. The third kappa shape index (κ3) is 32.4. The first-order chi connectivity index (χ1) is 40.8. The average Bonchev–Trinajstić information content (AvgIpc) is 1.81. The largest absolute Gasteiger partial charge is 0.478 e. The molecule has 0 aliphatic carbocycles. The first-order valence-corrected chi connectivity index (χ1v) is 32.3. The van der Waals surface area contributed by atoms with Gasteiger partial charge in [-0.05, 0) is 69.2 Å². The van der Waals surface area contributed by atoms with Gasteiger partial charge in [-0.15, -0.1) is 0 Å². The Morgan fingerprint density at radius 1 is 0.505 bits per heavy atom. The molecule has 3 atom stereocenters. The zero-order chi connectivity index (χ0) is 70.9. The molecule has 91 heavy (non-hydrogen) atoms. The summed E-state index contributed by atoms with van der Waals surface area (Å²) in [4.78, 5) is 30.8. The number of hydrogen-bond donors (Lipinski definition) is 0. The molecular weight excluding hydrogens is 1150 g/mol. The third-order valence-corrected chi connectivity index (χ3v) is 12.8. The van der Waals surface area contributed by atoms with E-state index in [4.69, 9.17) is 41.3 Å². The summed E-state index contributed by atoms with van der Waals surface area (Å²) >= 11 is 0. The van der Waals surface area contributed by atoms with Gasteiger partial charge in [-0.3, -0.25) is 4.99 Å². The van der Waals surface area contributed by atoms with Gasteiger partial charge in [0.15, 0.2) is 35.4 Å². The molecule has 0 spiro atoms. The highest BCUT2D eigenvalue weighted by atomic mass is 16.6. The molecule has 4 aliphatic rings. The van der Waals surface area contributed by atoms with Gasteiger partial charge in [0, 0.05) is 66.8 Å². The standard InChI is InChI=1S/C9H17NO.C8H15NO.2C8H13NO.C8H15NO.2C8H13NO.C8H15NO.C8H13NO/c1-8(2,3)7-10-9(4,5)6-11-7;3*1-6-5-10-7(9-6)8(2,3)4;2*1-6-5-9-7(10-6)8(2,3)4;1-6-5-10-9-7(6)8(2,3)4;2*1-6-5-7(9-10-6)8(2,3)4/h6H2,1-5H3;6H,5H2,1-4H3;2*5H,1-4H3;6H,5H2,1-4H3;2*5H,1-4H3;6H,5H2,1-4H3;5H,1-4H3. The molecule has 0 saturated heterocycles. The van der Waals surface area contributed by atoms with Crippen LogP contribution < -0.4 is 0 Å². The van der Waals surface area contributed by atoms with Crippen LogP contribution in [0.1, 0.15) is 286 Å². The van der Waals surface area contributed by atoms with E-state index in [-0.39, 0.29) is 66.5 Å². The van der Waals surface area contributed by atoms with Crippen LogP contribution in [0.25, 0.3) is 0 Å². The van der Waals surface area contributed by atoms with Crippen molar-refractivity contribution in [3.05, 3.63) is 88.6 Å². The fourth-order valence-corrected chi connectivity index (χ4v) is 7.52. The molecule has 18 heteroatoms. The van der Waals surface area contributed by atoms with E-state index in [1.807, 2.05) is 54.5 Å². The molecule has 0 radical (unpaired) electrons. The van der Waals surface area contributed by atoms with Crippen molar-refractivity contribution in [3.63, 3.8) is 0 Å². The maximum atomic E-state index is 5.48. The number of nitrogens with zero attached hydrogens (tertiary/aromatic N) is 9. The fraction of sp³-hybridized carbons (Fsp3) is 0.740. The number of ether oxygens (including phenoxy) is 3. The van der Waals surface area contributed by atoms with Crippen molar-refractivity contribution in [1.29, 1.82) is 0 Å². The summed E-state index contributed by atoms with van der Waals surface area (Å²) in [6.07, 6.45) is 8.36. The van der Waals surface area contributed by atoms with Crippen molar-refractivity contribution >= 4 is 23.4 Å². The first kappa shape index (κ1) is 82.9. The number of oxazole rings is 3. The second-order valence-corrected chi connectivity index (χ2v) is 34.1. The lowest BCUT2D eigenvalue weighted by molar-refractivity contribution is 0.0994. The molecule has 0 amide bonds. The third-order valence-electron chi connectivity index (χ3n) is 12.8. The van der Waals surface area contributed by atoms with Gasteiger partial charge < -0.3 is 41.3 Å². The molecule has 0 fully saturated rings. The van der Waals surface area contributed by atoms with Gasteiger partial charge in [0.25, 0.3) is 0 Å². The lowest BCUT2D eigenvalue weighted by Gasteiger charge is -2.18. The zero-order valence-electron chi connectivity index (χ0n) is 64.1. The highest BCUT2D eigenvalue weighted by Gasteiger charge is 2.33. The molecule has 0 bridgehead atoms. The Bertz CT molecular complexity index is 2800. The summed E-state index contributed by atoms with van der Waals surface area (Å²) in [7, 11) is 0. The van der Waals surface area contributed by atoms with Gasteiger partial charge in [-0.2, -0.15) is 0 Å². The van der Waals surface area contributed by atoms with Crippen LogP contribution in [0.2, 0.25) is 0 Å². The molecule has 5 aromatic rings. The van der Waals surface area contributed by atoms with Gasteiger partial charge >= 0.3 is 0 Å². The number of aliphatic imine (C=N–C) groups is 3. The van der Waals surface area contributed by atoms with Crippen molar-refractivity contribution in [2.75, 3.05) is 19.8 Å². The average molecular weight is 1270 g/mol. The summed E-state index contributed by atoms with van der Waals surface area (Å²) < 4.78 is 41.9. The molecule has 0 saturated carbocycles. The van der Waals surface area contributed by atoms with E-state index in [1.165, 1.54) is 5.71 Å². The quantitative estimate of drug-likeness (QED) is 0.141. The maximum Gasteiger partial charge on any atom is 0.199 e. The fourth-order valence-electron chi connectivity index (χ4n) is 7.52. The van der Waals surface area contributed by atoms with Gasteiger partial charge in [0.2, 0.25) is 0 Å². The van der Waals surface area contributed by atoms with E-state index in [9.17, 15) is 0 Å². The predicted octanol–water partition coefficient (Wildman–Crippen LogP) is 19.5. The second kappa shape index (κ2) is 33.2. The number of hydrogen-bond acceptors (Lipinski definition) is 18. The van der Waals surface area contributed by atoms with Gasteiger partial charge in [0.1, 0.15) is 55.7 Å². The summed E-state index contributed by atoms with van der Waals surface area (Å²) in [5.41, 5.74) is 7.02. The molecule has 18 nitrogen and oxygen atoms in total. The zero-order valence-corrected chi connectivity index (χ0v) is 64.1. The first-order valence-electron chi connectivity index (χ1n) is 32.3. The van der Waals surface area contributed by atoms with Crippen molar-refractivity contribution in [3.8, 4) is 0 Å². The lowest BCUT2D eigenvalue weighted by atomic mass is 9.87. The molecule has 0 aromatic carbocycles. The van der Waals surface area contributed by atoms with Crippen molar-refractivity contribution in [2.45, 2.75) is 313 Å². The smallest absolute Gasteiger partial charge is 0.199 e. The molecule has 3 unspecified atom stereocenters. The summed E-state index contributed by atoms with van der Waals surface area (Å²) in [5, 5.41) is 11.8. The Morgan fingerprint density at radius 3 is 1.18 bits per heavy atom. The monoisotopic (exact) mass is 1270 g/mol. The summed E-state index contributed by atoms with van der Waals surface area (Å²) in [5.74, 6) is 6.89. The topological polar surface area (TPSA) is 217 Å². The minimum absolute atomic E-state index is 0.0113. The predicted molar refractivity (Wildman–Crippen MR) is 373 cm³/mol. The molecule has 5 aromatic heterocycles. The Labute approximate surface area is 551 Å². The van der Waals surface area contributed by atoms with Gasteiger partial charge in [-0.1, -0.05) is 202 Å². The number of oxime groups is 1. The summed E-state index contributed by atoms with van der Waals surface area (Å²) in [6.45, 7) is 79.3. The molecule has 0 N–H and O–H groups in total. The van der Waals surface area contributed by atoms with Crippen molar-refractivity contribution in [2.24, 2.45) is 41.8 Å². The van der Waals surface area contributed by atoms with Crippen LogP contribution in [0.15, 0.2) is 73.5 Å². The van der Waals surface area contributed by atoms with Crippen LogP contribution in [-0.2, 0) is 46.1 Å². The van der Waals surface area contributed by atoms with Crippen LogP contribution >= 0.6 is 0 Å². The minimum Gasteiger partial charge on any atom is -0.478 e. The van der Waals surface area contributed by atoms with Crippen LogP contribution in [0.4, 0.5) is 0 Å². The highest BCUT2D eigenvalue weighted by molar-refractivity contribution is 5.90. The van der Waals surface area contributed by atoms with E-state index in [0.29, 0.717) is 6.04 Å². The molecule has 518 valence electrons. The number of aromatic nitrogens is 5. The SMILES string of the molecule is CC1(C)COC(C(C)(C)C)=N1.CC1CC(C(C)(C)C)=NO1.CC1CN=C(C(C)(C)C)O1.CC1COC(C(C)(C)C)=N1.Cc1cc(C(C)(C)C)no1.Cc1cnc(C(C)(C)C)o1.Cc1coc(C(C)(C)C)n1.Cc1coc(C(C)(C)C)n1.Cc1conc1C(C)(C)C. The maximum absolute atomic E-state index is 5.48. The van der Waals surface area contributed by atoms with E-state index in [0.717, 1.165) is 101 Å². The van der Waals surface area contributed by atoms with Gasteiger partial charge in [-0.25, -0.2) is 24.9 Å². The van der Waals surface area contributed by atoms with E-state index in [2.05, 4.69) is 253 Å². The Morgan fingerprint density at radius 2 is 1.00 bits per heavy atom. The molecule has 9 rings (SSSR count). The Balaban J connectivity index is 0.000000512. The number of aryl methyl sites for hydroxylation is 5. The molecule has 4 aliphatic heterocycles.